The van der Waals surface area contributed by atoms with E-state index in [1.807, 2.05) is 26.0 Å². The Morgan fingerprint density at radius 3 is 3.00 bits per heavy atom. The molecule has 1 amide bonds. The lowest BCUT2D eigenvalue weighted by Gasteiger charge is -2.13. The first kappa shape index (κ1) is 15.0. The number of hydrogen-bond donors (Lipinski definition) is 2. The molecule has 2 aromatic heterocycles. The number of anilines is 1. The maximum Gasteiger partial charge on any atom is 0.224 e. The van der Waals surface area contributed by atoms with Crippen LogP contribution in [0.2, 0.25) is 0 Å². The summed E-state index contributed by atoms with van der Waals surface area (Å²) in [6.45, 7) is 5.58. The minimum atomic E-state index is -0.150. The SMILES string of the molecule is Cc1cccnc1NCCNC(=O)C(C)Cn1cncn1. The van der Waals surface area contributed by atoms with E-state index in [0.29, 0.717) is 19.6 Å². The van der Waals surface area contributed by atoms with E-state index in [9.17, 15) is 4.79 Å². The topological polar surface area (TPSA) is 84.7 Å². The second-order valence-corrected chi connectivity index (χ2v) is 4.91. The monoisotopic (exact) mass is 288 g/mol. The van der Waals surface area contributed by atoms with Crippen LogP contribution in [0, 0.1) is 12.8 Å². The first-order valence-electron chi connectivity index (χ1n) is 6.92. The van der Waals surface area contributed by atoms with E-state index in [1.54, 1.807) is 17.2 Å². The van der Waals surface area contributed by atoms with E-state index >= 15 is 0 Å². The third-order valence-electron chi connectivity index (χ3n) is 3.10. The molecule has 0 saturated heterocycles. The molecule has 0 aliphatic rings. The molecular weight excluding hydrogens is 268 g/mol. The average molecular weight is 288 g/mol. The van der Waals surface area contributed by atoms with E-state index in [1.165, 1.54) is 6.33 Å². The predicted octanol–water partition coefficient (Wildman–Crippen LogP) is 0.846. The third kappa shape index (κ3) is 4.55. The molecule has 2 N–H and O–H groups in total. The lowest BCUT2D eigenvalue weighted by Crippen LogP contribution is -2.34. The molecule has 0 bridgehead atoms. The Balaban J connectivity index is 1.68. The van der Waals surface area contributed by atoms with Gasteiger partial charge in [0.05, 0.1) is 12.5 Å². The molecule has 112 valence electrons. The van der Waals surface area contributed by atoms with Crippen LogP contribution in [0.5, 0.6) is 0 Å². The summed E-state index contributed by atoms with van der Waals surface area (Å²) < 4.78 is 1.65. The molecule has 0 radical (unpaired) electrons. The Bertz CT molecular complexity index is 569. The van der Waals surface area contributed by atoms with Crippen LogP contribution in [-0.4, -0.2) is 38.7 Å². The van der Waals surface area contributed by atoms with Crippen LogP contribution in [0.1, 0.15) is 12.5 Å². The molecule has 0 fully saturated rings. The summed E-state index contributed by atoms with van der Waals surface area (Å²) in [7, 11) is 0. The molecule has 2 aromatic rings. The van der Waals surface area contributed by atoms with Crippen molar-refractivity contribution in [3.8, 4) is 0 Å². The minimum absolute atomic E-state index is 0.00467. The summed E-state index contributed by atoms with van der Waals surface area (Å²) in [6.07, 6.45) is 4.81. The fraction of sp³-hybridized carbons (Fsp3) is 0.429. The molecule has 0 spiro atoms. The zero-order chi connectivity index (χ0) is 15.1. The molecule has 2 heterocycles. The third-order valence-corrected chi connectivity index (χ3v) is 3.10. The Hall–Kier alpha value is -2.44. The van der Waals surface area contributed by atoms with Gasteiger partial charge >= 0.3 is 0 Å². The Morgan fingerprint density at radius 1 is 1.43 bits per heavy atom. The van der Waals surface area contributed by atoms with Gasteiger partial charge < -0.3 is 10.6 Å². The quantitative estimate of drug-likeness (QED) is 0.738. The highest BCUT2D eigenvalue weighted by Gasteiger charge is 2.13. The number of nitrogens with one attached hydrogen (secondary N) is 2. The molecule has 0 aliphatic heterocycles. The summed E-state index contributed by atoms with van der Waals surface area (Å²) in [5.74, 6) is 0.704. The molecular formula is C14H20N6O. The summed E-state index contributed by atoms with van der Waals surface area (Å²) in [5.41, 5.74) is 1.09. The van der Waals surface area contributed by atoms with Gasteiger partial charge in [-0.15, -0.1) is 0 Å². The summed E-state index contributed by atoms with van der Waals surface area (Å²) in [4.78, 5) is 20.0. The van der Waals surface area contributed by atoms with Crippen molar-refractivity contribution in [2.75, 3.05) is 18.4 Å². The van der Waals surface area contributed by atoms with Gasteiger partial charge in [-0.25, -0.2) is 9.97 Å². The number of pyridine rings is 1. The Morgan fingerprint density at radius 2 is 2.29 bits per heavy atom. The number of carbonyl (C=O) groups is 1. The highest BCUT2D eigenvalue weighted by Crippen LogP contribution is 2.07. The second kappa shape index (κ2) is 7.37. The van der Waals surface area contributed by atoms with Gasteiger partial charge in [-0.05, 0) is 18.6 Å². The van der Waals surface area contributed by atoms with Crippen LogP contribution in [0.25, 0.3) is 0 Å². The highest BCUT2D eigenvalue weighted by molar-refractivity contribution is 5.78. The molecule has 0 saturated carbocycles. The van der Waals surface area contributed by atoms with Gasteiger partial charge in [0.25, 0.3) is 0 Å². The number of aromatic nitrogens is 4. The van der Waals surface area contributed by atoms with E-state index in [4.69, 9.17) is 0 Å². The minimum Gasteiger partial charge on any atom is -0.368 e. The second-order valence-electron chi connectivity index (χ2n) is 4.91. The van der Waals surface area contributed by atoms with Gasteiger partial charge in [0, 0.05) is 19.3 Å². The van der Waals surface area contributed by atoms with Crippen molar-refractivity contribution in [1.29, 1.82) is 0 Å². The van der Waals surface area contributed by atoms with Gasteiger partial charge in [0.2, 0.25) is 5.91 Å². The molecule has 0 aliphatic carbocycles. The number of nitrogens with zero attached hydrogens (tertiary/aromatic N) is 4. The van der Waals surface area contributed by atoms with Crippen molar-refractivity contribution in [3.63, 3.8) is 0 Å². The lowest BCUT2D eigenvalue weighted by molar-refractivity contribution is -0.124. The van der Waals surface area contributed by atoms with Crippen LogP contribution in [-0.2, 0) is 11.3 Å². The normalized spacial score (nSPS) is 11.9. The van der Waals surface area contributed by atoms with Gasteiger partial charge in [-0.2, -0.15) is 5.10 Å². The molecule has 7 nitrogen and oxygen atoms in total. The number of rotatable bonds is 7. The van der Waals surface area contributed by atoms with E-state index in [0.717, 1.165) is 11.4 Å². The van der Waals surface area contributed by atoms with E-state index in [-0.39, 0.29) is 11.8 Å². The fourth-order valence-corrected chi connectivity index (χ4v) is 1.90. The zero-order valence-electron chi connectivity index (χ0n) is 12.3. The first-order chi connectivity index (χ1) is 10.2. The number of carbonyl (C=O) groups excluding carboxylic acids is 1. The molecule has 1 atom stereocenters. The maximum absolute atomic E-state index is 11.9. The van der Waals surface area contributed by atoms with Crippen LogP contribution in [0.15, 0.2) is 31.0 Å². The Labute approximate surface area is 123 Å². The number of amides is 1. The molecule has 0 aromatic carbocycles. The highest BCUT2D eigenvalue weighted by atomic mass is 16.1. The molecule has 2 rings (SSSR count). The van der Waals surface area contributed by atoms with Crippen molar-refractivity contribution >= 4 is 11.7 Å². The summed E-state index contributed by atoms with van der Waals surface area (Å²) >= 11 is 0. The van der Waals surface area contributed by atoms with Crippen LogP contribution in [0.3, 0.4) is 0 Å². The smallest absolute Gasteiger partial charge is 0.224 e. The van der Waals surface area contributed by atoms with Crippen molar-refractivity contribution in [2.24, 2.45) is 5.92 Å². The van der Waals surface area contributed by atoms with Crippen molar-refractivity contribution < 1.29 is 4.79 Å². The maximum atomic E-state index is 11.9. The van der Waals surface area contributed by atoms with Crippen LogP contribution in [0.4, 0.5) is 5.82 Å². The van der Waals surface area contributed by atoms with Crippen LogP contribution >= 0.6 is 0 Å². The molecule has 7 heteroatoms. The van der Waals surface area contributed by atoms with Gasteiger partial charge in [-0.3, -0.25) is 9.48 Å². The van der Waals surface area contributed by atoms with Crippen molar-refractivity contribution in [1.82, 2.24) is 25.1 Å². The van der Waals surface area contributed by atoms with E-state index in [2.05, 4.69) is 25.7 Å². The number of aryl methyl sites for hydroxylation is 1. The van der Waals surface area contributed by atoms with Gasteiger partial charge in [0.1, 0.15) is 18.5 Å². The lowest BCUT2D eigenvalue weighted by atomic mass is 10.1. The Kier molecular flexibility index (Phi) is 5.25. The zero-order valence-corrected chi connectivity index (χ0v) is 12.3. The largest absolute Gasteiger partial charge is 0.368 e. The fourth-order valence-electron chi connectivity index (χ4n) is 1.90. The first-order valence-corrected chi connectivity index (χ1v) is 6.92. The van der Waals surface area contributed by atoms with Gasteiger partial charge in [0.15, 0.2) is 0 Å². The summed E-state index contributed by atoms with van der Waals surface area (Å²) in [6, 6.07) is 3.89. The predicted molar refractivity (Wildman–Crippen MR) is 79.7 cm³/mol. The van der Waals surface area contributed by atoms with Crippen molar-refractivity contribution in [2.45, 2.75) is 20.4 Å². The van der Waals surface area contributed by atoms with Crippen molar-refractivity contribution in [3.05, 3.63) is 36.5 Å². The molecule has 21 heavy (non-hydrogen) atoms. The van der Waals surface area contributed by atoms with Gasteiger partial charge in [-0.1, -0.05) is 13.0 Å². The number of hydrogen-bond acceptors (Lipinski definition) is 5. The molecule has 1 unspecified atom stereocenters. The average Bonchev–Trinajstić information content (AvgIpc) is 2.98. The van der Waals surface area contributed by atoms with Crippen LogP contribution < -0.4 is 10.6 Å². The summed E-state index contributed by atoms with van der Waals surface area (Å²) in [5, 5.41) is 10.1. The standard InChI is InChI=1S/C14H20N6O/c1-11-4-3-5-16-13(11)17-6-7-18-14(21)12(2)8-20-10-15-9-19-20/h3-5,9-10,12H,6-8H2,1-2H3,(H,16,17)(H,18,21). The van der Waals surface area contributed by atoms with E-state index < -0.39 is 0 Å².